The van der Waals surface area contributed by atoms with Gasteiger partial charge in [0.05, 0.1) is 11.3 Å². The minimum atomic E-state index is -0.379. The second-order valence-corrected chi connectivity index (χ2v) is 7.71. The van der Waals surface area contributed by atoms with Crippen LogP contribution in [-0.4, -0.2) is 11.8 Å². The van der Waals surface area contributed by atoms with Crippen LogP contribution in [0.5, 0.6) is 0 Å². The first-order valence-corrected chi connectivity index (χ1v) is 10.1. The molecule has 0 fully saturated rings. The zero-order valence-corrected chi connectivity index (χ0v) is 16.7. The summed E-state index contributed by atoms with van der Waals surface area (Å²) in [4.78, 5) is 28.3. The second-order valence-electron chi connectivity index (χ2n) is 6.32. The van der Waals surface area contributed by atoms with Gasteiger partial charge in [-0.2, -0.15) is 0 Å². The van der Waals surface area contributed by atoms with E-state index in [1.807, 2.05) is 41.8 Å². The number of hydrogen-bond acceptors (Lipinski definition) is 4. The summed E-state index contributed by atoms with van der Waals surface area (Å²) >= 11 is 7.38. The lowest BCUT2D eigenvalue weighted by atomic mass is 10.1. The molecule has 140 valence electrons. The number of nitrogens with zero attached hydrogens (tertiary/aromatic N) is 1. The van der Waals surface area contributed by atoms with Crippen molar-refractivity contribution in [2.45, 2.75) is 13.3 Å². The summed E-state index contributed by atoms with van der Waals surface area (Å²) < 4.78 is 0. The molecule has 1 aromatic heterocycles. The quantitative estimate of drug-likeness (QED) is 0.578. The minimum Gasteiger partial charge on any atom is -0.350 e. The monoisotopic (exact) mass is 408 g/mol. The number of thiophene rings is 1. The Hall–Kier alpha value is -2.89. The van der Waals surface area contributed by atoms with Gasteiger partial charge >= 0.3 is 0 Å². The van der Waals surface area contributed by atoms with E-state index in [1.165, 1.54) is 21.8 Å². The number of imide groups is 1. The third-order valence-electron chi connectivity index (χ3n) is 4.57. The topological polar surface area (TPSA) is 49.4 Å². The molecule has 0 unspecified atom stereocenters. The first kappa shape index (κ1) is 18.5. The molecule has 0 atom stereocenters. The number of rotatable bonds is 5. The van der Waals surface area contributed by atoms with Gasteiger partial charge in [0.25, 0.3) is 11.8 Å². The predicted molar refractivity (Wildman–Crippen MR) is 115 cm³/mol. The average molecular weight is 409 g/mol. The van der Waals surface area contributed by atoms with E-state index in [0.717, 1.165) is 17.0 Å². The van der Waals surface area contributed by atoms with Crippen molar-refractivity contribution in [3.8, 4) is 0 Å². The van der Waals surface area contributed by atoms with E-state index in [9.17, 15) is 9.59 Å². The van der Waals surface area contributed by atoms with Crippen LogP contribution in [0.3, 0.4) is 0 Å². The maximum atomic E-state index is 13.2. The highest BCUT2D eigenvalue weighted by Gasteiger charge is 2.40. The highest BCUT2D eigenvalue weighted by molar-refractivity contribution is 7.11. The summed E-state index contributed by atoms with van der Waals surface area (Å²) in [5.41, 5.74) is 3.13. The molecule has 4 rings (SSSR count). The van der Waals surface area contributed by atoms with Crippen molar-refractivity contribution in [2.24, 2.45) is 0 Å². The van der Waals surface area contributed by atoms with E-state index in [1.54, 1.807) is 24.3 Å². The largest absolute Gasteiger partial charge is 0.350 e. The Labute approximate surface area is 172 Å². The Balaban J connectivity index is 1.75. The first-order valence-electron chi connectivity index (χ1n) is 8.87. The molecule has 0 saturated heterocycles. The number of benzene rings is 2. The van der Waals surface area contributed by atoms with Gasteiger partial charge in [0.2, 0.25) is 0 Å². The summed E-state index contributed by atoms with van der Waals surface area (Å²) in [5.74, 6) is -0.724. The molecule has 0 bridgehead atoms. The number of halogens is 1. The number of hydrogen-bond donors (Lipinski definition) is 1. The van der Waals surface area contributed by atoms with Crippen LogP contribution < -0.4 is 10.2 Å². The SMILES string of the molecule is CCc1ccc(NC2=C(c3cccs3)C(=O)N(c3ccc(Cl)cc3)C2=O)cc1. The number of aryl methyl sites for hydroxylation is 1. The lowest BCUT2D eigenvalue weighted by Gasteiger charge is -2.15. The van der Waals surface area contributed by atoms with Crippen molar-refractivity contribution in [3.05, 3.63) is 87.2 Å². The lowest BCUT2D eigenvalue weighted by Crippen LogP contribution is -2.32. The van der Waals surface area contributed by atoms with Gasteiger partial charge in [0.15, 0.2) is 0 Å². The minimum absolute atomic E-state index is 0.284. The summed E-state index contributed by atoms with van der Waals surface area (Å²) in [6, 6.07) is 18.2. The summed E-state index contributed by atoms with van der Waals surface area (Å²) in [6.45, 7) is 2.09. The molecule has 1 aliphatic rings. The number of nitrogens with one attached hydrogen (secondary N) is 1. The zero-order valence-electron chi connectivity index (χ0n) is 15.1. The summed E-state index contributed by atoms with van der Waals surface area (Å²) in [6.07, 6.45) is 0.936. The average Bonchev–Trinajstić information content (AvgIpc) is 3.31. The highest BCUT2D eigenvalue weighted by atomic mass is 35.5. The molecule has 1 N–H and O–H groups in total. The Morgan fingerprint density at radius 2 is 1.68 bits per heavy atom. The summed E-state index contributed by atoms with van der Waals surface area (Å²) in [7, 11) is 0. The van der Waals surface area contributed by atoms with Crippen molar-refractivity contribution < 1.29 is 9.59 Å². The van der Waals surface area contributed by atoms with Gasteiger partial charge in [-0.1, -0.05) is 36.7 Å². The van der Waals surface area contributed by atoms with Crippen LogP contribution in [0.2, 0.25) is 5.02 Å². The van der Waals surface area contributed by atoms with Crippen LogP contribution in [0.15, 0.2) is 71.7 Å². The second kappa shape index (κ2) is 7.62. The molecule has 28 heavy (non-hydrogen) atoms. The normalized spacial score (nSPS) is 14.1. The number of amides is 2. The molecule has 0 spiro atoms. The molecule has 2 aromatic carbocycles. The molecule has 0 saturated carbocycles. The van der Waals surface area contributed by atoms with Gasteiger partial charge in [-0.15, -0.1) is 11.3 Å². The maximum Gasteiger partial charge on any atom is 0.282 e. The first-order chi connectivity index (χ1) is 13.6. The molecule has 2 amide bonds. The number of carbonyl (C=O) groups is 2. The van der Waals surface area contributed by atoms with Gasteiger partial charge in [-0.3, -0.25) is 9.59 Å². The van der Waals surface area contributed by atoms with Crippen LogP contribution in [0.25, 0.3) is 5.57 Å². The van der Waals surface area contributed by atoms with Crippen molar-refractivity contribution in [1.29, 1.82) is 0 Å². The Kier molecular flexibility index (Phi) is 5.03. The third-order valence-corrected chi connectivity index (χ3v) is 5.71. The molecular formula is C22H17ClN2O2S. The van der Waals surface area contributed by atoms with Gasteiger partial charge in [-0.25, -0.2) is 4.90 Å². The fourth-order valence-electron chi connectivity index (χ4n) is 3.09. The molecule has 2 heterocycles. The number of anilines is 2. The van der Waals surface area contributed by atoms with E-state index in [-0.39, 0.29) is 17.5 Å². The molecular weight excluding hydrogens is 392 g/mol. The summed E-state index contributed by atoms with van der Waals surface area (Å²) in [5, 5.41) is 5.60. The zero-order chi connectivity index (χ0) is 19.7. The lowest BCUT2D eigenvalue weighted by molar-refractivity contribution is -0.120. The van der Waals surface area contributed by atoms with E-state index < -0.39 is 0 Å². The van der Waals surface area contributed by atoms with E-state index in [4.69, 9.17) is 11.6 Å². The molecule has 1 aliphatic heterocycles. The molecule has 6 heteroatoms. The van der Waals surface area contributed by atoms with Crippen LogP contribution >= 0.6 is 22.9 Å². The van der Waals surface area contributed by atoms with Crippen LogP contribution in [0.1, 0.15) is 17.4 Å². The van der Waals surface area contributed by atoms with Crippen LogP contribution in [-0.2, 0) is 16.0 Å². The van der Waals surface area contributed by atoms with Crippen LogP contribution in [0, 0.1) is 0 Å². The Morgan fingerprint density at radius 1 is 0.964 bits per heavy atom. The predicted octanol–water partition coefficient (Wildman–Crippen LogP) is 5.36. The van der Waals surface area contributed by atoms with Crippen molar-refractivity contribution in [3.63, 3.8) is 0 Å². The molecule has 4 nitrogen and oxygen atoms in total. The fraction of sp³-hybridized carbons (Fsp3) is 0.0909. The van der Waals surface area contributed by atoms with Gasteiger partial charge < -0.3 is 5.32 Å². The standard InChI is InChI=1S/C22H17ClN2O2S/c1-2-14-5-9-16(10-6-14)24-20-19(18-4-3-13-28-18)21(26)25(22(20)27)17-11-7-15(23)8-12-17/h3-13,24H,2H2,1H3. The van der Waals surface area contributed by atoms with Gasteiger partial charge in [0, 0.05) is 15.6 Å². The Morgan fingerprint density at radius 3 is 2.29 bits per heavy atom. The van der Waals surface area contributed by atoms with Gasteiger partial charge in [0.1, 0.15) is 5.70 Å². The Bertz CT molecular complexity index is 1050. The smallest absolute Gasteiger partial charge is 0.282 e. The van der Waals surface area contributed by atoms with Crippen molar-refractivity contribution >= 4 is 51.7 Å². The van der Waals surface area contributed by atoms with E-state index >= 15 is 0 Å². The third kappa shape index (κ3) is 3.35. The van der Waals surface area contributed by atoms with E-state index in [2.05, 4.69) is 12.2 Å². The van der Waals surface area contributed by atoms with Crippen molar-refractivity contribution in [2.75, 3.05) is 10.2 Å². The number of carbonyl (C=O) groups excluding carboxylic acids is 2. The molecule has 0 aliphatic carbocycles. The van der Waals surface area contributed by atoms with E-state index in [0.29, 0.717) is 16.3 Å². The molecule has 0 radical (unpaired) electrons. The fourth-order valence-corrected chi connectivity index (χ4v) is 3.98. The molecule has 3 aromatic rings. The van der Waals surface area contributed by atoms with Crippen molar-refractivity contribution in [1.82, 2.24) is 0 Å². The highest BCUT2D eigenvalue weighted by Crippen LogP contribution is 2.35. The maximum absolute atomic E-state index is 13.2. The van der Waals surface area contributed by atoms with Gasteiger partial charge in [-0.05, 0) is 59.8 Å². The van der Waals surface area contributed by atoms with Crippen LogP contribution in [0.4, 0.5) is 11.4 Å².